The Morgan fingerprint density at radius 1 is 1.45 bits per heavy atom. The maximum absolute atomic E-state index is 11.5. The third-order valence-corrected chi connectivity index (χ3v) is 4.87. The van der Waals surface area contributed by atoms with Crippen molar-refractivity contribution in [2.24, 2.45) is 17.3 Å². The zero-order chi connectivity index (χ0) is 15.3. The first-order valence-electron chi connectivity index (χ1n) is 7.73. The molecule has 0 bridgehead atoms. The molecule has 1 rings (SSSR count). The fraction of sp³-hybridized carbons (Fsp3) is 0.765. The molecule has 20 heavy (non-hydrogen) atoms. The van der Waals surface area contributed by atoms with E-state index in [1.807, 2.05) is 0 Å². The van der Waals surface area contributed by atoms with Crippen LogP contribution in [0.5, 0.6) is 0 Å². The van der Waals surface area contributed by atoms with Gasteiger partial charge < -0.3 is 4.74 Å². The third kappa shape index (κ3) is 4.19. The van der Waals surface area contributed by atoms with Gasteiger partial charge in [-0.05, 0) is 24.2 Å². The van der Waals surface area contributed by atoms with Gasteiger partial charge in [0.15, 0.2) is 0 Å². The Balaban J connectivity index is 2.59. The molecular formula is C17H28O3. The van der Waals surface area contributed by atoms with E-state index < -0.39 is 5.97 Å². The summed E-state index contributed by atoms with van der Waals surface area (Å²) < 4.78 is 4.60. The van der Waals surface area contributed by atoms with Crippen LogP contribution >= 0.6 is 0 Å². The van der Waals surface area contributed by atoms with E-state index in [2.05, 4.69) is 39.0 Å². The summed E-state index contributed by atoms with van der Waals surface area (Å²) in [6, 6.07) is 0. The van der Waals surface area contributed by atoms with Crippen LogP contribution in [0.15, 0.2) is 12.2 Å². The van der Waals surface area contributed by atoms with Gasteiger partial charge in [-0.1, -0.05) is 59.1 Å². The van der Waals surface area contributed by atoms with E-state index in [1.54, 1.807) is 0 Å². The van der Waals surface area contributed by atoms with Crippen molar-refractivity contribution >= 4 is 11.9 Å². The van der Waals surface area contributed by atoms with E-state index in [9.17, 15) is 9.59 Å². The average Bonchev–Trinajstić information content (AvgIpc) is 2.67. The van der Waals surface area contributed by atoms with Crippen molar-refractivity contribution in [2.45, 2.75) is 66.2 Å². The molecule has 1 aliphatic rings. The van der Waals surface area contributed by atoms with Gasteiger partial charge >= 0.3 is 11.9 Å². The van der Waals surface area contributed by atoms with Crippen LogP contribution in [0, 0.1) is 17.3 Å². The molecule has 3 heteroatoms. The second-order valence-corrected chi connectivity index (χ2v) is 6.52. The van der Waals surface area contributed by atoms with Crippen LogP contribution < -0.4 is 0 Å². The average molecular weight is 280 g/mol. The lowest BCUT2D eigenvalue weighted by Crippen LogP contribution is -2.26. The van der Waals surface area contributed by atoms with Crippen LogP contribution in [0.3, 0.4) is 0 Å². The number of ether oxygens (including phenoxy) is 1. The molecule has 0 saturated carbocycles. The highest BCUT2D eigenvalue weighted by atomic mass is 16.6. The van der Waals surface area contributed by atoms with Crippen LogP contribution in [0.1, 0.15) is 66.2 Å². The number of allylic oxidation sites excluding steroid dienone is 1. The molecule has 1 heterocycles. The van der Waals surface area contributed by atoms with Crippen LogP contribution in [-0.4, -0.2) is 11.9 Å². The van der Waals surface area contributed by atoms with Crippen molar-refractivity contribution in [3.63, 3.8) is 0 Å². The first kappa shape index (κ1) is 16.9. The Morgan fingerprint density at radius 3 is 2.55 bits per heavy atom. The largest absolute Gasteiger partial charge is 0.393 e. The highest BCUT2D eigenvalue weighted by molar-refractivity contribution is 5.94. The molecule has 3 unspecified atom stereocenters. The van der Waals surface area contributed by atoms with Crippen molar-refractivity contribution in [3.8, 4) is 0 Å². The van der Waals surface area contributed by atoms with Crippen molar-refractivity contribution < 1.29 is 14.3 Å². The smallest absolute Gasteiger partial charge is 0.317 e. The number of hydrogen-bond donors (Lipinski definition) is 0. The van der Waals surface area contributed by atoms with Gasteiger partial charge in [-0.25, -0.2) is 0 Å². The summed E-state index contributed by atoms with van der Waals surface area (Å²) in [6.07, 6.45) is 5.21. The molecule has 3 nitrogen and oxygen atoms in total. The van der Waals surface area contributed by atoms with Crippen molar-refractivity contribution in [2.75, 3.05) is 0 Å². The Hall–Kier alpha value is -1.12. The van der Waals surface area contributed by atoms with E-state index >= 15 is 0 Å². The second-order valence-electron chi connectivity index (χ2n) is 6.52. The molecule has 0 aromatic carbocycles. The number of esters is 2. The molecule has 0 amide bonds. The van der Waals surface area contributed by atoms with E-state index in [-0.39, 0.29) is 23.7 Å². The molecule has 0 aromatic rings. The third-order valence-electron chi connectivity index (χ3n) is 4.87. The molecule has 0 radical (unpaired) electrons. The summed E-state index contributed by atoms with van der Waals surface area (Å²) in [7, 11) is 0. The maximum atomic E-state index is 11.5. The van der Waals surface area contributed by atoms with Crippen LogP contribution in [0.25, 0.3) is 0 Å². The Labute approximate surface area is 122 Å². The maximum Gasteiger partial charge on any atom is 0.317 e. The zero-order valence-corrected chi connectivity index (χ0v) is 13.3. The number of cyclic esters (lactones) is 2. The summed E-state index contributed by atoms with van der Waals surface area (Å²) >= 11 is 0. The number of carbonyl (C=O) groups is 2. The Morgan fingerprint density at radius 2 is 2.10 bits per heavy atom. The molecule has 0 N–H and O–H groups in total. The molecule has 1 aliphatic heterocycles. The van der Waals surface area contributed by atoms with Gasteiger partial charge in [-0.15, -0.1) is 0 Å². The number of rotatable bonds is 8. The fourth-order valence-electron chi connectivity index (χ4n) is 3.10. The molecular weight excluding hydrogens is 252 g/mol. The first-order chi connectivity index (χ1) is 9.32. The normalized spacial score (nSPS) is 23.3. The predicted molar refractivity (Wildman–Crippen MR) is 80.1 cm³/mol. The Kier molecular flexibility index (Phi) is 5.97. The molecule has 3 atom stereocenters. The summed E-state index contributed by atoms with van der Waals surface area (Å²) in [5, 5.41) is 0. The van der Waals surface area contributed by atoms with Gasteiger partial charge in [-0.2, -0.15) is 0 Å². The molecule has 0 aliphatic carbocycles. The second kappa shape index (κ2) is 7.05. The summed E-state index contributed by atoms with van der Waals surface area (Å²) in [4.78, 5) is 22.6. The minimum Gasteiger partial charge on any atom is -0.393 e. The van der Waals surface area contributed by atoms with Gasteiger partial charge in [0.2, 0.25) is 0 Å². The minimum atomic E-state index is -0.398. The fourth-order valence-corrected chi connectivity index (χ4v) is 3.10. The lowest BCUT2D eigenvalue weighted by Gasteiger charge is -2.36. The van der Waals surface area contributed by atoms with Crippen molar-refractivity contribution in [1.82, 2.24) is 0 Å². The summed E-state index contributed by atoms with van der Waals surface area (Å²) in [5.41, 5.74) is 1.29. The van der Waals surface area contributed by atoms with E-state index in [1.165, 1.54) is 12.8 Å². The van der Waals surface area contributed by atoms with Crippen molar-refractivity contribution in [3.05, 3.63) is 12.2 Å². The highest BCUT2D eigenvalue weighted by Gasteiger charge is 2.35. The lowest BCUT2D eigenvalue weighted by molar-refractivity contribution is -0.153. The van der Waals surface area contributed by atoms with Gasteiger partial charge in [0.1, 0.15) is 0 Å². The quantitative estimate of drug-likeness (QED) is 0.379. The Bertz CT molecular complexity index is 386. The zero-order valence-electron chi connectivity index (χ0n) is 13.3. The number of hydrogen-bond acceptors (Lipinski definition) is 3. The van der Waals surface area contributed by atoms with Crippen LogP contribution in [-0.2, 0) is 14.3 Å². The highest BCUT2D eigenvalue weighted by Crippen LogP contribution is 2.41. The molecule has 114 valence electrons. The van der Waals surface area contributed by atoms with Gasteiger partial charge in [0, 0.05) is 0 Å². The number of carbonyl (C=O) groups excluding carboxylic acids is 2. The topological polar surface area (TPSA) is 43.4 Å². The van der Waals surface area contributed by atoms with Gasteiger partial charge in [0.05, 0.1) is 12.3 Å². The predicted octanol–water partition coefficient (Wildman–Crippen LogP) is 4.27. The van der Waals surface area contributed by atoms with E-state index in [0.717, 1.165) is 18.4 Å². The summed E-state index contributed by atoms with van der Waals surface area (Å²) in [6.45, 7) is 13.2. The molecule has 1 fully saturated rings. The summed E-state index contributed by atoms with van der Waals surface area (Å²) in [5.74, 6) is -0.453. The van der Waals surface area contributed by atoms with E-state index in [0.29, 0.717) is 12.3 Å². The van der Waals surface area contributed by atoms with Crippen LogP contribution in [0.2, 0.25) is 0 Å². The first-order valence-corrected chi connectivity index (χ1v) is 7.73. The molecule has 1 saturated heterocycles. The molecule has 0 spiro atoms. The van der Waals surface area contributed by atoms with Crippen LogP contribution in [0.4, 0.5) is 0 Å². The van der Waals surface area contributed by atoms with Crippen molar-refractivity contribution in [1.29, 1.82) is 0 Å². The standard InChI is InChI=1S/C17H28O3/c1-6-8-13(4)17(5,7-2)11-12(3)9-14-10-15(18)20-16(14)19/h13-14H,3,6-11H2,1-2,4-5H3. The van der Waals surface area contributed by atoms with Gasteiger partial charge in [0.25, 0.3) is 0 Å². The van der Waals surface area contributed by atoms with E-state index in [4.69, 9.17) is 0 Å². The SMILES string of the molecule is C=C(CC1CC(=O)OC1=O)CC(C)(CC)C(C)CCC. The monoisotopic (exact) mass is 280 g/mol. The minimum absolute atomic E-state index is 0.213. The van der Waals surface area contributed by atoms with Gasteiger partial charge in [-0.3, -0.25) is 9.59 Å². The molecule has 0 aromatic heterocycles. The lowest BCUT2D eigenvalue weighted by atomic mass is 9.69.